The molecule has 1 aromatic carbocycles. The molecule has 1 unspecified atom stereocenters. The van der Waals surface area contributed by atoms with E-state index in [1.54, 1.807) is 24.3 Å². The second kappa shape index (κ2) is 2.71. The van der Waals surface area contributed by atoms with E-state index in [0.29, 0.717) is 11.3 Å². The molecule has 0 bridgehead atoms. The van der Waals surface area contributed by atoms with Gasteiger partial charge in [0, 0.05) is 5.56 Å². The molecule has 0 radical (unpaired) electrons. The first-order chi connectivity index (χ1) is 5.79. The second-order valence-electron chi connectivity index (χ2n) is 2.47. The van der Waals surface area contributed by atoms with Gasteiger partial charge in [0.2, 0.25) is 0 Å². The zero-order valence-corrected chi connectivity index (χ0v) is 6.04. The zero-order valence-electron chi connectivity index (χ0n) is 6.04. The van der Waals surface area contributed by atoms with Crippen LogP contribution in [-0.4, -0.2) is 6.43 Å². The highest BCUT2D eigenvalue weighted by Crippen LogP contribution is 2.37. The summed E-state index contributed by atoms with van der Waals surface area (Å²) in [5.74, 6) is 0.378. The van der Waals surface area contributed by atoms with E-state index in [-0.39, 0.29) is 0 Å². The van der Waals surface area contributed by atoms with E-state index >= 15 is 0 Å². The molecule has 1 atom stereocenters. The number of hydrogen-bond donors (Lipinski definition) is 0. The van der Waals surface area contributed by atoms with Gasteiger partial charge in [0.15, 0.2) is 11.9 Å². The van der Waals surface area contributed by atoms with Crippen molar-refractivity contribution in [3.8, 4) is 5.75 Å². The summed E-state index contributed by atoms with van der Waals surface area (Å²) in [5, 5.41) is 0. The summed E-state index contributed by atoms with van der Waals surface area (Å²) in [5.41, 5.74) is 0.410. The molecule has 0 fully saturated rings. The Bertz CT molecular complexity index is 288. The van der Waals surface area contributed by atoms with Gasteiger partial charge in [-0.05, 0) is 6.07 Å². The molecule has 0 saturated heterocycles. The van der Waals surface area contributed by atoms with E-state index in [1.165, 1.54) is 0 Å². The molecule has 0 amide bonds. The smallest absolute Gasteiger partial charge is 0.272 e. The van der Waals surface area contributed by atoms with Gasteiger partial charge < -0.3 is 4.89 Å². The Hall–Kier alpha value is -1.16. The van der Waals surface area contributed by atoms with Crippen molar-refractivity contribution in [3.05, 3.63) is 29.8 Å². The number of rotatable bonds is 1. The lowest BCUT2D eigenvalue weighted by Crippen LogP contribution is -2.07. The first-order valence-corrected chi connectivity index (χ1v) is 3.49. The van der Waals surface area contributed by atoms with E-state index < -0.39 is 12.5 Å². The second-order valence-corrected chi connectivity index (χ2v) is 2.47. The maximum absolute atomic E-state index is 12.2. The first kappa shape index (κ1) is 7.49. The van der Waals surface area contributed by atoms with Crippen LogP contribution >= 0.6 is 0 Å². The van der Waals surface area contributed by atoms with Crippen molar-refractivity contribution in [3.63, 3.8) is 0 Å². The number of hydrogen-bond acceptors (Lipinski definition) is 2. The summed E-state index contributed by atoms with van der Waals surface area (Å²) < 4.78 is 24.4. The molecule has 2 nitrogen and oxygen atoms in total. The number of halogens is 2. The normalized spacial score (nSPS) is 20.8. The minimum absolute atomic E-state index is 0.378. The van der Waals surface area contributed by atoms with Crippen LogP contribution in [-0.2, 0) is 4.89 Å². The predicted octanol–water partition coefficient (Wildman–Crippen LogP) is 2.32. The van der Waals surface area contributed by atoms with Gasteiger partial charge in [0.1, 0.15) is 0 Å². The summed E-state index contributed by atoms with van der Waals surface area (Å²) in [7, 11) is 0. The van der Waals surface area contributed by atoms with Crippen molar-refractivity contribution >= 4 is 0 Å². The van der Waals surface area contributed by atoms with Crippen molar-refractivity contribution in [1.29, 1.82) is 0 Å². The molecule has 1 aliphatic rings. The SMILES string of the molecule is FC(F)C1OOc2ccccc21. The van der Waals surface area contributed by atoms with Crippen molar-refractivity contribution in [2.45, 2.75) is 12.5 Å². The summed E-state index contributed by atoms with van der Waals surface area (Å²) in [4.78, 5) is 9.03. The summed E-state index contributed by atoms with van der Waals surface area (Å²) >= 11 is 0. The number of alkyl halides is 2. The van der Waals surface area contributed by atoms with Crippen LogP contribution in [0.25, 0.3) is 0 Å². The predicted molar refractivity (Wildman–Crippen MR) is 36.9 cm³/mol. The van der Waals surface area contributed by atoms with Gasteiger partial charge in [-0.1, -0.05) is 18.2 Å². The Morgan fingerprint density at radius 3 is 2.75 bits per heavy atom. The third-order valence-corrected chi connectivity index (χ3v) is 1.70. The topological polar surface area (TPSA) is 18.5 Å². The van der Waals surface area contributed by atoms with E-state index in [2.05, 4.69) is 9.78 Å². The third-order valence-electron chi connectivity index (χ3n) is 1.70. The molecule has 0 aromatic heterocycles. The number of fused-ring (bicyclic) bond motifs is 1. The Morgan fingerprint density at radius 1 is 1.25 bits per heavy atom. The van der Waals surface area contributed by atoms with Crippen molar-refractivity contribution in [1.82, 2.24) is 0 Å². The van der Waals surface area contributed by atoms with Crippen LogP contribution in [0.1, 0.15) is 11.7 Å². The van der Waals surface area contributed by atoms with E-state index in [0.717, 1.165) is 0 Å². The molecule has 4 heteroatoms. The Balaban J connectivity index is 2.36. The first-order valence-electron chi connectivity index (χ1n) is 3.49. The number of para-hydroxylation sites is 1. The monoisotopic (exact) mass is 172 g/mol. The van der Waals surface area contributed by atoms with Crippen LogP contribution in [0.4, 0.5) is 8.78 Å². The van der Waals surface area contributed by atoms with Gasteiger partial charge in [-0.25, -0.2) is 8.78 Å². The maximum Gasteiger partial charge on any atom is 0.272 e. The Morgan fingerprint density at radius 2 is 2.00 bits per heavy atom. The van der Waals surface area contributed by atoms with Crippen LogP contribution in [0.3, 0.4) is 0 Å². The average molecular weight is 172 g/mol. The van der Waals surface area contributed by atoms with Crippen molar-refractivity contribution < 1.29 is 18.6 Å². The number of benzene rings is 1. The largest absolute Gasteiger partial charge is 0.336 e. The molecular formula is C8H6F2O2. The maximum atomic E-state index is 12.2. The standard InChI is InChI=1S/C8H6F2O2/c9-8(10)7-5-3-1-2-4-6(5)11-12-7/h1-4,7-8H. The van der Waals surface area contributed by atoms with Crippen LogP contribution in [0.15, 0.2) is 24.3 Å². The van der Waals surface area contributed by atoms with Gasteiger partial charge in [-0.2, -0.15) is 4.89 Å². The summed E-state index contributed by atoms with van der Waals surface area (Å²) in [6.07, 6.45) is -3.78. The third kappa shape index (κ3) is 1.04. The molecular weight excluding hydrogens is 166 g/mol. The van der Waals surface area contributed by atoms with Crippen LogP contribution in [0.2, 0.25) is 0 Å². The lowest BCUT2D eigenvalue weighted by atomic mass is 10.1. The molecule has 2 rings (SSSR count). The molecule has 1 aromatic rings. The molecule has 0 saturated carbocycles. The fourth-order valence-electron chi connectivity index (χ4n) is 1.12. The lowest BCUT2D eigenvalue weighted by molar-refractivity contribution is -0.251. The zero-order chi connectivity index (χ0) is 8.55. The lowest BCUT2D eigenvalue weighted by Gasteiger charge is -2.03. The minimum Gasteiger partial charge on any atom is -0.336 e. The van der Waals surface area contributed by atoms with Gasteiger partial charge in [0.05, 0.1) is 0 Å². The molecule has 0 spiro atoms. The molecule has 0 aliphatic carbocycles. The van der Waals surface area contributed by atoms with E-state index in [9.17, 15) is 8.78 Å². The van der Waals surface area contributed by atoms with Crippen LogP contribution in [0, 0.1) is 0 Å². The highest BCUT2D eigenvalue weighted by atomic mass is 19.3. The molecule has 12 heavy (non-hydrogen) atoms. The molecule has 64 valence electrons. The highest BCUT2D eigenvalue weighted by Gasteiger charge is 2.33. The fourth-order valence-corrected chi connectivity index (χ4v) is 1.12. The average Bonchev–Trinajstić information content (AvgIpc) is 2.47. The van der Waals surface area contributed by atoms with Crippen molar-refractivity contribution in [2.75, 3.05) is 0 Å². The van der Waals surface area contributed by atoms with Crippen LogP contribution in [0.5, 0.6) is 5.75 Å². The minimum atomic E-state index is -2.55. The van der Waals surface area contributed by atoms with Gasteiger partial charge >= 0.3 is 0 Å². The van der Waals surface area contributed by atoms with Gasteiger partial charge in [-0.15, -0.1) is 0 Å². The van der Waals surface area contributed by atoms with Crippen LogP contribution < -0.4 is 4.89 Å². The Kier molecular flexibility index (Phi) is 1.69. The van der Waals surface area contributed by atoms with Gasteiger partial charge in [0.25, 0.3) is 6.43 Å². The quantitative estimate of drug-likeness (QED) is 0.605. The summed E-state index contributed by atoms with van der Waals surface area (Å²) in [6, 6.07) is 6.54. The molecule has 0 N–H and O–H groups in total. The Labute approximate surface area is 67.6 Å². The van der Waals surface area contributed by atoms with Crippen molar-refractivity contribution in [2.24, 2.45) is 0 Å². The highest BCUT2D eigenvalue weighted by molar-refractivity contribution is 5.36. The van der Waals surface area contributed by atoms with Gasteiger partial charge in [-0.3, -0.25) is 0 Å². The summed E-state index contributed by atoms with van der Waals surface area (Å²) in [6.45, 7) is 0. The molecule has 1 aliphatic heterocycles. The molecule has 1 heterocycles. The van der Waals surface area contributed by atoms with E-state index in [1.807, 2.05) is 0 Å². The van der Waals surface area contributed by atoms with E-state index in [4.69, 9.17) is 0 Å². The fraction of sp³-hybridized carbons (Fsp3) is 0.250.